The molecule has 22 heavy (non-hydrogen) atoms. The molecule has 1 aliphatic rings. The summed E-state index contributed by atoms with van der Waals surface area (Å²) in [5.41, 5.74) is 0. The number of urea groups is 1. The number of amides is 2. The summed E-state index contributed by atoms with van der Waals surface area (Å²) >= 11 is 1.64. The summed E-state index contributed by atoms with van der Waals surface area (Å²) < 4.78 is 17.4. The largest absolute Gasteiger partial charge is 0.369 e. The monoisotopic (exact) mass is 344 g/mol. The molecule has 1 aromatic heterocycles. The number of ether oxygens (including phenoxy) is 1. The van der Waals surface area contributed by atoms with Crippen molar-refractivity contribution in [2.75, 3.05) is 32.0 Å². The minimum Gasteiger partial charge on any atom is -0.369 e. The fraction of sp³-hybridized carbons (Fsp3) is 0.667. The van der Waals surface area contributed by atoms with Gasteiger partial charge in [0.15, 0.2) is 0 Å². The highest BCUT2D eigenvalue weighted by atomic mass is 32.2. The highest BCUT2D eigenvalue weighted by Crippen LogP contribution is 2.25. The van der Waals surface area contributed by atoms with Gasteiger partial charge in [0.2, 0.25) is 0 Å². The van der Waals surface area contributed by atoms with Crippen LogP contribution in [0.5, 0.6) is 0 Å². The van der Waals surface area contributed by atoms with Gasteiger partial charge in [0, 0.05) is 39.3 Å². The summed E-state index contributed by atoms with van der Waals surface area (Å²) in [6, 6.07) is 3.92. The standard InChI is InChI=1S/C15H24N2O3S2/c1-15(2,3)22(19)10-6-16-14(18)17-7-8-20-12(11-17)13-5-4-9-21-13/h4-5,9,12H,6-8,10-11H2,1-3H3,(H,16,18). The number of carbonyl (C=O) groups is 1. The minimum atomic E-state index is -0.946. The molecule has 1 aromatic rings. The zero-order valence-corrected chi connectivity index (χ0v) is 15.0. The van der Waals surface area contributed by atoms with Crippen molar-refractivity contribution >= 4 is 28.2 Å². The van der Waals surface area contributed by atoms with Gasteiger partial charge in [-0.2, -0.15) is 0 Å². The van der Waals surface area contributed by atoms with E-state index in [1.54, 1.807) is 16.2 Å². The summed E-state index contributed by atoms with van der Waals surface area (Å²) in [5.74, 6) is 0.480. The summed E-state index contributed by atoms with van der Waals surface area (Å²) in [4.78, 5) is 15.1. The van der Waals surface area contributed by atoms with Crippen LogP contribution in [0, 0.1) is 0 Å². The first kappa shape index (κ1) is 17.4. The minimum absolute atomic E-state index is 0.0387. The summed E-state index contributed by atoms with van der Waals surface area (Å²) in [7, 11) is -0.946. The number of rotatable bonds is 4. The topological polar surface area (TPSA) is 58.6 Å². The SMILES string of the molecule is CC(C)(C)S(=O)CCNC(=O)N1CCOC(c2cccs2)C1. The van der Waals surface area contributed by atoms with Crippen molar-refractivity contribution in [3.8, 4) is 0 Å². The van der Waals surface area contributed by atoms with E-state index < -0.39 is 10.8 Å². The fourth-order valence-corrected chi connectivity index (χ4v) is 3.81. The Kier molecular flexibility index (Phi) is 6.00. The normalized spacial score (nSPS) is 20.7. The molecule has 0 spiro atoms. The molecule has 1 saturated heterocycles. The number of hydrogen-bond acceptors (Lipinski definition) is 4. The predicted molar refractivity (Wildman–Crippen MR) is 90.7 cm³/mol. The second-order valence-corrected chi connectivity index (χ2v) is 9.52. The third-order valence-corrected chi connectivity index (χ3v) is 6.37. The Morgan fingerprint density at radius 1 is 1.55 bits per heavy atom. The van der Waals surface area contributed by atoms with E-state index in [1.165, 1.54) is 0 Å². The summed E-state index contributed by atoms with van der Waals surface area (Å²) in [6.07, 6.45) is -0.0387. The molecule has 2 amide bonds. The van der Waals surface area contributed by atoms with Crippen LogP contribution in [0.1, 0.15) is 31.8 Å². The van der Waals surface area contributed by atoms with Crippen LogP contribution in [-0.4, -0.2) is 51.9 Å². The molecule has 7 heteroatoms. The van der Waals surface area contributed by atoms with E-state index >= 15 is 0 Å². The first-order valence-corrected chi connectivity index (χ1v) is 9.64. The van der Waals surface area contributed by atoms with Gasteiger partial charge in [-0.1, -0.05) is 6.07 Å². The van der Waals surface area contributed by atoms with Crippen LogP contribution in [0.2, 0.25) is 0 Å². The Balaban J connectivity index is 1.79. The molecule has 0 saturated carbocycles. The molecular formula is C15H24N2O3S2. The lowest BCUT2D eigenvalue weighted by Gasteiger charge is -2.32. The van der Waals surface area contributed by atoms with Gasteiger partial charge in [-0.05, 0) is 32.2 Å². The number of carbonyl (C=O) groups excluding carboxylic acids is 1. The molecule has 1 fully saturated rings. The second-order valence-electron chi connectivity index (χ2n) is 6.21. The van der Waals surface area contributed by atoms with Crippen molar-refractivity contribution in [3.05, 3.63) is 22.4 Å². The smallest absolute Gasteiger partial charge is 0.317 e. The number of nitrogens with one attached hydrogen (secondary N) is 1. The molecule has 0 aliphatic carbocycles. The Labute approximate surface area is 138 Å². The maximum atomic E-state index is 12.2. The van der Waals surface area contributed by atoms with E-state index in [0.29, 0.717) is 32.0 Å². The van der Waals surface area contributed by atoms with E-state index in [1.807, 2.05) is 38.3 Å². The highest BCUT2D eigenvalue weighted by molar-refractivity contribution is 7.86. The van der Waals surface area contributed by atoms with Gasteiger partial charge < -0.3 is 15.0 Å². The average Bonchev–Trinajstić information content (AvgIpc) is 3.00. The molecule has 124 valence electrons. The number of morpholine rings is 1. The lowest BCUT2D eigenvalue weighted by atomic mass is 10.2. The molecule has 0 radical (unpaired) electrons. The van der Waals surface area contributed by atoms with Crippen LogP contribution in [0.4, 0.5) is 4.79 Å². The molecule has 1 aliphatic heterocycles. The second kappa shape index (κ2) is 7.57. The first-order valence-electron chi connectivity index (χ1n) is 7.44. The molecule has 1 N–H and O–H groups in total. The van der Waals surface area contributed by atoms with E-state index in [4.69, 9.17) is 4.74 Å². The molecule has 0 aromatic carbocycles. The lowest BCUT2D eigenvalue weighted by molar-refractivity contribution is -0.0134. The summed E-state index contributed by atoms with van der Waals surface area (Å²) in [5, 5.41) is 4.88. The van der Waals surface area contributed by atoms with Crippen molar-refractivity contribution in [2.24, 2.45) is 0 Å². The molecule has 2 heterocycles. The van der Waals surface area contributed by atoms with Crippen molar-refractivity contribution < 1.29 is 13.7 Å². The van der Waals surface area contributed by atoms with Gasteiger partial charge in [0.05, 0.1) is 13.2 Å². The van der Waals surface area contributed by atoms with Crippen molar-refractivity contribution in [1.29, 1.82) is 0 Å². The molecular weight excluding hydrogens is 320 g/mol. The van der Waals surface area contributed by atoms with Gasteiger partial charge in [-0.3, -0.25) is 4.21 Å². The van der Waals surface area contributed by atoms with Crippen LogP contribution < -0.4 is 5.32 Å². The van der Waals surface area contributed by atoms with Crippen molar-refractivity contribution in [1.82, 2.24) is 10.2 Å². The maximum absolute atomic E-state index is 12.2. The Morgan fingerprint density at radius 3 is 2.95 bits per heavy atom. The Morgan fingerprint density at radius 2 is 2.32 bits per heavy atom. The molecule has 0 bridgehead atoms. The third-order valence-electron chi connectivity index (χ3n) is 3.46. The molecule has 2 rings (SSSR count). The predicted octanol–water partition coefficient (Wildman–Crippen LogP) is 2.38. The zero-order valence-electron chi connectivity index (χ0n) is 13.3. The van der Waals surface area contributed by atoms with Crippen molar-refractivity contribution in [3.63, 3.8) is 0 Å². The molecule has 2 unspecified atom stereocenters. The van der Waals surface area contributed by atoms with Crippen LogP contribution in [-0.2, 0) is 15.5 Å². The van der Waals surface area contributed by atoms with Gasteiger partial charge in [0.25, 0.3) is 0 Å². The van der Waals surface area contributed by atoms with Gasteiger partial charge in [-0.15, -0.1) is 11.3 Å². The first-order chi connectivity index (χ1) is 10.4. The van der Waals surface area contributed by atoms with E-state index in [0.717, 1.165) is 4.88 Å². The highest BCUT2D eigenvalue weighted by Gasteiger charge is 2.26. The van der Waals surface area contributed by atoms with E-state index in [2.05, 4.69) is 5.32 Å². The number of nitrogens with zero attached hydrogens (tertiary/aromatic N) is 1. The zero-order chi connectivity index (χ0) is 16.2. The summed E-state index contributed by atoms with van der Waals surface area (Å²) in [6.45, 7) is 7.97. The Bertz CT molecular complexity index is 511. The van der Waals surface area contributed by atoms with Crippen LogP contribution >= 0.6 is 11.3 Å². The lowest BCUT2D eigenvalue weighted by Crippen LogP contribution is -2.48. The number of thiophene rings is 1. The van der Waals surface area contributed by atoms with Crippen molar-refractivity contribution in [2.45, 2.75) is 31.6 Å². The Hall–Kier alpha value is -0.920. The average molecular weight is 345 g/mol. The fourth-order valence-electron chi connectivity index (χ4n) is 2.15. The molecule has 2 atom stereocenters. The number of hydrogen-bond donors (Lipinski definition) is 1. The third kappa shape index (κ3) is 4.79. The van der Waals surface area contributed by atoms with E-state index in [-0.39, 0.29) is 16.9 Å². The maximum Gasteiger partial charge on any atom is 0.317 e. The van der Waals surface area contributed by atoms with Crippen LogP contribution in [0.15, 0.2) is 17.5 Å². The van der Waals surface area contributed by atoms with Gasteiger partial charge in [-0.25, -0.2) is 4.79 Å². The van der Waals surface area contributed by atoms with Crippen LogP contribution in [0.25, 0.3) is 0 Å². The van der Waals surface area contributed by atoms with E-state index in [9.17, 15) is 9.00 Å². The quantitative estimate of drug-likeness (QED) is 0.912. The van der Waals surface area contributed by atoms with Gasteiger partial charge in [0.1, 0.15) is 6.10 Å². The van der Waals surface area contributed by atoms with Gasteiger partial charge >= 0.3 is 6.03 Å². The van der Waals surface area contributed by atoms with Crippen LogP contribution in [0.3, 0.4) is 0 Å². The molecule has 5 nitrogen and oxygen atoms in total.